The van der Waals surface area contributed by atoms with Gasteiger partial charge in [0.15, 0.2) is 0 Å². The van der Waals surface area contributed by atoms with E-state index in [9.17, 15) is 40.6 Å². The maximum atomic E-state index is 12.2. The summed E-state index contributed by atoms with van der Waals surface area (Å²) in [4.78, 5) is 21.4. The molecule has 0 spiro atoms. The van der Waals surface area contributed by atoms with Gasteiger partial charge < -0.3 is 9.63 Å². The number of esters is 1. The second-order valence-corrected chi connectivity index (χ2v) is 4.01. The number of hydrogen-bond donors (Lipinski definition) is 0. The van der Waals surface area contributed by atoms with E-state index in [0.29, 0.717) is 7.11 Å². The Morgan fingerprint density at radius 2 is 1.47 bits per heavy atom. The highest BCUT2D eigenvalue weighted by atomic mass is 31.1. The molecule has 1 atom stereocenters. The fraction of sp³-hybridized carbons (Fsp3) is 0.857. The Bertz CT molecular complexity index is 335. The first-order valence-corrected chi connectivity index (χ1v) is 5.46. The van der Waals surface area contributed by atoms with Crippen molar-refractivity contribution in [3.8, 4) is 0 Å². The van der Waals surface area contributed by atoms with Crippen LogP contribution in [0.3, 0.4) is 0 Å². The average molecular weight is 316 g/mol. The minimum atomic E-state index is -5.27. The molecular formula is C7H7F6O5P. The second kappa shape index (κ2) is 6.02. The van der Waals surface area contributed by atoms with Crippen molar-refractivity contribution in [3.63, 3.8) is 0 Å². The molecule has 12 heteroatoms. The van der Waals surface area contributed by atoms with Crippen LogP contribution in [-0.2, 0) is 18.6 Å². The smallest absolute Gasteiger partial charge is 0.489 e. The molecular weight excluding hydrogens is 309 g/mol. The van der Waals surface area contributed by atoms with Crippen molar-refractivity contribution < 1.29 is 49.9 Å². The Labute approximate surface area is 103 Å². The van der Waals surface area contributed by atoms with Crippen LogP contribution in [0.25, 0.3) is 0 Å². The zero-order valence-electron chi connectivity index (χ0n) is 9.17. The van der Waals surface area contributed by atoms with E-state index in [4.69, 9.17) is 0 Å². The summed E-state index contributed by atoms with van der Waals surface area (Å²) < 4.78 is 91.0. The molecule has 0 aliphatic carbocycles. The monoisotopic (exact) mass is 316 g/mol. The fourth-order valence-electron chi connectivity index (χ4n) is 1.28. The van der Waals surface area contributed by atoms with Crippen LogP contribution in [0.5, 0.6) is 0 Å². The van der Waals surface area contributed by atoms with Gasteiger partial charge in [-0.25, -0.2) is 4.79 Å². The molecule has 0 aromatic heterocycles. The Hall–Kier alpha value is -0.930. The third kappa shape index (κ3) is 6.69. The molecule has 0 saturated heterocycles. The van der Waals surface area contributed by atoms with E-state index in [-0.39, 0.29) is 0 Å². The fourth-order valence-corrected chi connectivity index (χ4v) is 1.77. The molecule has 0 rings (SSSR count). The van der Waals surface area contributed by atoms with Gasteiger partial charge in [-0.3, -0.25) is 0 Å². The van der Waals surface area contributed by atoms with Crippen molar-refractivity contribution >= 4 is 14.2 Å². The Balaban J connectivity index is 5.57. The minimum absolute atomic E-state index is 0.505. The number of ether oxygens (including phenoxy) is 1. The molecule has 0 radical (unpaired) electrons. The predicted octanol–water partition coefficient (Wildman–Crippen LogP) is 1.84. The van der Waals surface area contributed by atoms with E-state index in [1.807, 2.05) is 0 Å². The highest BCUT2D eigenvalue weighted by Crippen LogP contribution is 2.42. The van der Waals surface area contributed by atoms with Crippen LogP contribution in [0.2, 0.25) is 0 Å². The molecule has 0 aromatic carbocycles. The zero-order valence-corrected chi connectivity index (χ0v) is 10.1. The van der Waals surface area contributed by atoms with E-state index in [1.54, 1.807) is 0 Å². The summed E-state index contributed by atoms with van der Waals surface area (Å²) in [5.74, 6) is -2.08. The van der Waals surface area contributed by atoms with Crippen LogP contribution in [-0.4, -0.2) is 31.0 Å². The molecule has 0 fully saturated rings. The lowest BCUT2D eigenvalue weighted by Crippen LogP contribution is -2.48. The van der Waals surface area contributed by atoms with Crippen molar-refractivity contribution in [1.29, 1.82) is 0 Å². The van der Waals surface area contributed by atoms with Crippen molar-refractivity contribution in [2.24, 2.45) is 0 Å². The number of rotatable bonds is 5. The number of hydrogen-bond acceptors (Lipinski definition) is 5. The average Bonchev–Trinajstić information content (AvgIpc) is 2.09. The van der Waals surface area contributed by atoms with Gasteiger partial charge in [0.2, 0.25) is 5.60 Å². The van der Waals surface area contributed by atoms with Gasteiger partial charge in [-0.1, -0.05) is 0 Å². The second-order valence-electron chi connectivity index (χ2n) is 3.38. The SMILES string of the molecule is COC(=O)C(CC(F)(F)F)(CC(F)(F)F)O[P+](=O)[O-]. The van der Waals surface area contributed by atoms with Gasteiger partial charge in [-0.15, -0.1) is 4.52 Å². The summed E-state index contributed by atoms with van der Waals surface area (Å²) in [5.41, 5.74) is -3.71. The molecule has 19 heavy (non-hydrogen) atoms. The van der Waals surface area contributed by atoms with E-state index in [1.165, 1.54) is 0 Å². The Kier molecular flexibility index (Phi) is 5.72. The summed E-state index contributed by atoms with van der Waals surface area (Å²) in [6.45, 7) is 0. The molecule has 0 N–H and O–H groups in total. The molecule has 0 aromatic rings. The molecule has 0 aliphatic rings. The zero-order chi connectivity index (χ0) is 15.5. The largest absolute Gasteiger partial charge is 0.566 e. The number of alkyl halides is 6. The highest BCUT2D eigenvalue weighted by Gasteiger charge is 2.59. The first-order chi connectivity index (χ1) is 8.31. The van der Waals surface area contributed by atoms with Gasteiger partial charge in [0.25, 0.3) is 0 Å². The van der Waals surface area contributed by atoms with Gasteiger partial charge >= 0.3 is 26.6 Å². The van der Waals surface area contributed by atoms with E-state index in [2.05, 4.69) is 9.26 Å². The molecule has 112 valence electrons. The van der Waals surface area contributed by atoms with Crippen LogP contribution >= 0.6 is 8.25 Å². The molecule has 0 bridgehead atoms. The van der Waals surface area contributed by atoms with Crippen molar-refractivity contribution in [2.45, 2.75) is 30.8 Å². The summed E-state index contributed by atoms with van der Waals surface area (Å²) in [5, 5.41) is 0. The predicted molar refractivity (Wildman–Crippen MR) is 44.8 cm³/mol. The standard InChI is InChI=1S/C7H7F6O5P/c1-17-4(14)5(18-19(15)16,2-6(8,9)10)3-7(11,12)13/h2-3H2,1H3. The molecule has 0 heterocycles. The molecule has 5 nitrogen and oxygen atoms in total. The van der Waals surface area contributed by atoms with E-state index in [0.717, 1.165) is 0 Å². The first kappa shape index (κ1) is 18.1. The lowest BCUT2D eigenvalue weighted by Gasteiger charge is -2.27. The van der Waals surface area contributed by atoms with Gasteiger partial charge in [-0.2, -0.15) is 26.3 Å². The number of carbonyl (C=O) groups excluding carboxylic acids is 1. The summed E-state index contributed by atoms with van der Waals surface area (Å²) >= 11 is 0. The maximum Gasteiger partial charge on any atom is 0.489 e. The van der Waals surface area contributed by atoms with E-state index >= 15 is 0 Å². The summed E-state index contributed by atoms with van der Waals surface area (Å²) in [7, 11) is -3.63. The van der Waals surface area contributed by atoms with Crippen LogP contribution < -0.4 is 4.89 Å². The lowest BCUT2D eigenvalue weighted by atomic mass is 9.95. The Morgan fingerprint density at radius 3 is 1.68 bits per heavy atom. The van der Waals surface area contributed by atoms with E-state index < -0.39 is 45.0 Å². The van der Waals surface area contributed by atoms with Crippen LogP contribution in [0, 0.1) is 0 Å². The third-order valence-electron chi connectivity index (χ3n) is 1.78. The van der Waals surface area contributed by atoms with Crippen molar-refractivity contribution in [3.05, 3.63) is 0 Å². The van der Waals surface area contributed by atoms with Crippen LogP contribution in [0.15, 0.2) is 0 Å². The van der Waals surface area contributed by atoms with Gasteiger partial charge in [0.1, 0.15) is 0 Å². The first-order valence-electron chi connectivity index (χ1n) is 4.37. The van der Waals surface area contributed by atoms with Gasteiger partial charge in [0.05, 0.1) is 20.0 Å². The number of methoxy groups -OCH3 is 1. The Morgan fingerprint density at radius 1 is 1.11 bits per heavy atom. The maximum absolute atomic E-state index is 12.2. The van der Waals surface area contributed by atoms with Gasteiger partial charge in [0, 0.05) is 0 Å². The molecule has 1 unspecified atom stereocenters. The summed E-state index contributed by atoms with van der Waals surface area (Å²) in [6, 6.07) is 0. The topological polar surface area (TPSA) is 75.7 Å². The van der Waals surface area contributed by atoms with Crippen molar-refractivity contribution in [1.82, 2.24) is 0 Å². The van der Waals surface area contributed by atoms with Crippen LogP contribution in [0.4, 0.5) is 26.3 Å². The quantitative estimate of drug-likeness (QED) is 0.439. The molecule has 0 saturated carbocycles. The molecule has 0 aliphatic heterocycles. The minimum Gasteiger partial charge on any atom is -0.566 e. The van der Waals surface area contributed by atoms with Crippen LogP contribution in [0.1, 0.15) is 12.8 Å². The normalized spacial score (nSPS) is 14.2. The summed E-state index contributed by atoms with van der Waals surface area (Å²) in [6.07, 6.45) is -15.4. The van der Waals surface area contributed by atoms with Gasteiger partial charge in [-0.05, 0) is 4.57 Å². The highest BCUT2D eigenvalue weighted by molar-refractivity contribution is 7.30. The van der Waals surface area contributed by atoms with Crippen molar-refractivity contribution in [2.75, 3.05) is 7.11 Å². The number of halogens is 6. The number of carbonyl (C=O) groups is 1. The molecule has 0 amide bonds. The third-order valence-corrected chi connectivity index (χ3v) is 2.28. The lowest BCUT2D eigenvalue weighted by molar-refractivity contribution is -0.239.